The van der Waals surface area contributed by atoms with Gasteiger partial charge in [0, 0.05) is 18.7 Å². The first-order chi connectivity index (χ1) is 11.1. The van der Waals surface area contributed by atoms with E-state index in [2.05, 4.69) is 22.3 Å². The molecule has 1 aromatic carbocycles. The fourth-order valence-corrected chi connectivity index (χ4v) is 2.95. The van der Waals surface area contributed by atoms with Gasteiger partial charge in [-0.2, -0.15) is 0 Å². The predicted molar refractivity (Wildman–Crippen MR) is 110 cm³/mol. The van der Waals surface area contributed by atoms with Crippen LogP contribution in [0.25, 0.3) is 0 Å². The smallest absolute Gasteiger partial charge is 0.193 e. The quantitative estimate of drug-likeness (QED) is 0.381. The average molecular weight is 448 g/mol. The van der Waals surface area contributed by atoms with E-state index >= 15 is 0 Å². The normalized spacial score (nSPS) is 15.2. The highest BCUT2D eigenvalue weighted by atomic mass is 127. The topological polar surface area (TPSA) is 72.1 Å². The number of halogens is 1. The number of ether oxygens (including phenoxy) is 2. The molecule has 0 spiro atoms. The Morgan fingerprint density at radius 1 is 1.29 bits per heavy atom. The Morgan fingerprint density at radius 3 is 2.62 bits per heavy atom. The molecule has 1 aliphatic rings. The number of hydrogen-bond donors (Lipinski definition) is 2. The van der Waals surface area contributed by atoms with Crippen LogP contribution in [0.1, 0.15) is 25.7 Å². The van der Waals surface area contributed by atoms with E-state index in [1.165, 1.54) is 25.7 Å². The summed E-state index contributed by atoms with van der Waals surface area (Å²) in [5.74, 6) is 1.82. The Balaban J connectivity index is 0.00000288. The molecule has 7 heteroatoms. The molecule has 3 N–H and O–H groups in total. The van der Waals surface area contributed by atoms with Gasteiger partial charge >= 0.3 is 0 Å². The summed E-state index contributed by atoms with van der Waals surface area (Å²) >= 11 is 0. The van der Waals surface area contributed by atoms with Crippen molar-refractivity contribution in [3.63, 3.8) is 0 Å². The molecule has 24 heavy (non-hydrogen) atoms. The van der Waals surface area contributed by atoms with E-state index < -0.39 is 0 Å². The molecule has 0 unspecified atom stereocenters. The molecule has 6 nitrogen and oxygen atoms in total. The molecule has 0 heterocycles. The molecule has 1 aliphatic carbocycles. The molecule has 0 saturated heterocycles. The van der Waals surface area contributed by atoms with Gasteiger partial charge in [0.1, 0.15) is 11.5 Å². The minimum absolute atomic E-state index is 0. The van der Waals surface area contributed by atoms with E-state index in [1.807, 2.05) is 18.2 Å². The van der Waals surface area contributed by atoms with Crippen LogP contribution in [-0.4, -0.2) is 51.3 Å². The van der Waals surface area contributed by atoms with E-state index in [-0.39, 0.29) is 24.0 Å². The molecule has 0 atom stereocenters. The molecule has 0 radical (unpaired) electrons. The minimum Gasteiger partial charge on any atom is -0.497 e. The molecule has 1 fully saturated rings. The third kappa shape index (κ3) is 6.01. The number of hydrogen-bond acceptors (Lipinski definition) is 4. The van der Waals surface area contributed by atoms with Gasteiger partial charge in [0.25, 0.3) is 0 Å². The fraction of sp³-hybridized carbons (Fsp3) is 0.588. The van der Waals surface area contributed by atoms with Crippen molar-refractivity contribution >= 4 is 35.6 Å². The van der Waals surface area contributed by atoms with Crippen molar-refractivity contribution in [2.24, 2.45) is 10.7 Å². The Bertz CT molecular complexity index is 533. The molecule has 0 amide bonds. The number of likely N-dealkylation sites (N-methyl/N-ethyl adjacent to an activating group) is 1. The number of methoxy groups -OCH3 is 2. The summed E-state index contributed by atoms with van der Waals surface area (Å²) in [4.78, 5) is 6.79. The summed E-state index contributed by atoms with van der Waals surface area (Å²) in [6.07, 6.45) is 5.29. The first kappa shape index (κ1) is 20.8. The molecule has 2 rings (SSSR count). The summed E-state index contributed by atoms with van der Waals surface area (Å²) in [5.41, 5.74) is 6.73. The number of nitrogens with zero attached hydrogens (tertiary/aromatic N) is 2. The fourth-order valence-electron chi connectivity index (χ4n) is 2.95. The molecule has 1 saturated carbocycles. The van der Waals surface area contributed by atoms with Crippen molar-refractivity contribution in [2.75, 3.05) is 39.7 Å². The lowest BCUT2D eigenvalue weighted by Crippen LogP contribution is -2.32. The third-order valence-corrected chi connectivity index (χ3v) is 4.35. The SMILES string of the molecule is COc1ccc(OC)c(NC(N)=NCCN(C)C2CCCC2)c1.I. The van der Waals surface area contributed by atoms with Gasteiger partial charge in [-0.25, -0.2) is 0 Å². The molecular formula is C17H29IN4O2. The van der Waals surface area contributed by atoms with Gasteiger partial charge in [0.15, 0.2) is 5.96 Å². The number of benzene rings is 1. The zero-order chi connectivity index (χ0) is 16.7. The Kier molecular flexibility index (Phi) is 9.20. The Hall–Kier alpha value is -1.22. The lowest BCUT2D eigenvalue weighted by Gasteiger charge is -2.23. The van der Waals surface area contributed by atoms with Crippen LogP contribution in [0.4, 0.5) is 5.69 Å². The first-order valence-corrected chi connectivity index (χ1v) is 8.13. The van der Waals surface area contributed by atoms with Gasteiger partial charge in [0.05, 0.1) is 26.5 Å². The maximum absolute atomic E-state index is 5.98. The van der Waals surface area contributed by atoms with Crippen LogP contribution in [0.5, 0.6) is 11.5 Å². The largest absolute Gasteiger partial charge is 0.497 e. The first-order valence-electron chi connectivity index (χ1n) is 8.13. The van der Waals surface area contributed by atoms with Crippen LogP contribution in [0.3, 0.4) is 0 Å². The molecule has 0 aromatic heterocycles. The van der Waals surface area contributed by atoms with Crippen molar-refractivity contribution in [3.05, 3.63) is 18.2 Å². The molecular weight excluding hydrogens is 419 g/mol. The lowest BCUT2D eigenvalue weighted by molar-refractivity contribution is 0.252. The molecule has 136 valence electrons. The summed E-state index contributed by atoms with van der Waals surface area (Å²) in [6.45, 7) is 1.60. The minimum atomic E-state index is 0. The van der Waals surface area contributed by atoms with Gasteiger partial charge in [-0.1, -0.05) is 12.8 Å². The zero-order valence-electron chi connectivity index (χ0n) is 14.7. The molecule has 0 bridgehead atoms. The van der Waals surface area contributed by atoms with E-state index in [1.54, 1.807) is 14.2 Å². The summed E-state index contributed by atoms with van der Waals surface area (Å²) in [7, 11) is 5.42. The van der Waals surface area contributed by atoms with E-state index in [0.717, 1.165) is 18.0 Å². The number of aliphatic imine (C=N–C) groups is 1. The van der Waals surface area contributed by atoms with Crippen molar-refractivity contribution in [3.8, 4) is 11.5 Å². The second-order valence-electron chi connectivity index (χ2n) is 5.88. The number of anilines is 1. The van der Waals surface area contributed by atoms with Crippen LogP contribution >= 0.6 is 24.0 Å². The molecule has 1 aromatic rings. The number of guanidine groups is 1. The number of nitrogens with two attached hydrogens (primary N) is 1. The predicted octanol–water partition coefficient (Wildman–Crippen LogP) is 2.92. The third-order valence-electron chi connectivity index (χ3n) is 4.35. The maximum atomic E-state index is 5.98. The van der Waals surface area contributed by atoms with Crippen molar-refractivity contribution in [1.29, 1.82) is 0 Å². The number of nitrogens with one attached hydrogen (secondary N) is 1. The van der Waals surface area contributed by atoms with Crippen molar-refractivity contribution in [2.45, 2.75) is 31.7 Å². The molecule has 0 aliphatic heterocycles. The Morgan fingerprint density at radius 2 is 2.00 bits per heavy atom. The number of rotatable bonds is 7. The summed E-state index contributed by atoms with van der Waals surface area (Å²) in [6, 6.07) is 6.22. The van der Waals surface area contributed by atoms with Gasteiger partial charge in [-0.15, -0.1) is 24.0 Å². The van der Waals surface area contributed by atoms with Gasteiger partial charge in [-0.3, -0.25) is 4.99 Å². The monoisotopic (exact) mass is 448 g/mol. The van der Waals surface area contributed by atoms with E-state index in [9.17, 15) is 0 Å². The van der Waals surface area contributed by atoms with Gasteiger partial charge in [0.2, 0.25) is 0 Å². The highest BCUT2D eigenvalue weighted by Crippen LogP contribution is 2.28. The second kappa shape index (κ2) is 10.6. The van der Waals surface area contributed by atoms with Gasteiger partial charge in [-0.05, 0) is 32.0 Å². The standard InChI is InChI=1S/C17H28N4O2.HI/c1-21(13-6-4-5-7-13)11-10-19-17(18)20-15-12-14(22-2)8-9-16(15)23-3;/h8-9,12-13H,4-7,10-11H2,1-3H3,(H3,18,19,20);1H. The Labute approximate surface area is 161 Å². The van der Waals surface area contributed by atoms with Crippen LogP contribution in [0.15, 0.2) is 23.2 Å². The summed E-state index contributed by atoms with van der Waals surface area (Å²) < 4.78 is 10.5. The lowest BCUT2D eigenvalue weighted by atomic mass is 10.2. The van der Waals surface area contributed by atoms with Crippen molar-refractivity contribution in [1.82, 2.24) is 4.90 Å². The van der Waals surface area contributed by atoms with Gasteiger partial charge < -0.3 is 25.4 Å². The van der Waals surface area contributed by atoms with Crippen LogP contribution in [0, 0.1) is 0 Å². The van der Waals surface area contributed by atoms with Crippen LogP contribution in [0.2, 0.25) is 0 Å². The zero-order valence-corrected chi connectivity index (χ0v) is 17.1. The maximum Gasteiger partial charge on any atom is 0.193 e. The highest BCUT2D eigenvalue weighted by molar-refractivity contribution is 14.0. The van der Waals surface area contributed by atoms with Crippen LogP contribution in [-0.2, 0) is 0 Å². The van der Waals surface area contributed by atoms with E-state index in [4.69, 9.17) is 15.2 Å². The van der Waals surface area contributed by atoms with Crippen LogP contribution < -0.4 is 20.5 Å². The second-order valence-corrected chi connectivity index (χ2v) is 5.88. The van der Waals surface area contributed by atoms with E-state index in [0.29, 0.717) is 24.3 Å². The average Bonchev–Trinajstić information content (AvgIpc) is 3.09. The van der Waals surface area contributed by atoms with Crippen molar-refractivity contribution < 1.29 is 9.47 Å². The summed E-state index contributed by atoms with van der Waals surface area (Å²) in [5, 5.41) is 3.08. The highest BCUT2D eigenvalue weighted by Gasteiger charge is 2.18.